The average molecular weight is 298 g/mol. The van der Waals surface area contributed by atoms with E-state index < -0.39 is 16.6 Å². The molecule has 0 aliphatic rings. The molecule has 11 heavy (non-hydrogen) atoms. The average Bonchev–Trinajstić information content (AvgIpc) is 1.86. The van der Waals surface area contributed by atoms with E-state index in [9.17, 15) is 0 Å². The van der Waals surface area contributed by atoms with Crippen LogP contribution >= 0.6 is 22.6 Å². The minimum absolute atomic E-state index is 1.11. The van der Waals surface area contributed by atoms with Crippen molar-refractivity contribution in [1.29, 1.82) is 0 Å². The number of hydrogen-bond donors (Lipinski definition) is 0. The molecule has 64 valence electrons. The molecule has 0 fully saturated rings. The molecule has 0 atom stereocenters. The summed E-state index contributed by atoms with van der Waals surface area (Å²) in [6.45, 7) is 8.58. The lowest BCUT2D eigenvalue weighted by atomic mass is 11.4. The molecular weight excluding hydrogens is 283 g/mol. The van der Waals surface area contributed by atoms with Crippen LogP contribution in [0.5, 0.6) is 0 Å². The van der Waals surface area contributed by atoms with Gasteiger partial charge in [0.15, 0.2) is 8.32 Å². The van der Waals surface area contributed by atoms with Gasteiger partial charge in [0.25, 0.3) is 8.32 Å². The Morgan fingerprint density at radius 2 is 1.82 bits per heavy atom. The molecule has 0 aliphatic carbocycles. The fraction of sp³-hybridized carbons (Fsp3) is 0.714. The molecule has 0 spiro atoms. The van der Waals surface area contributed by atoms with E-state index in [0.717, 1.165) is 4.05 Å². The second-order valence-electron chi connectivity index (χ2n) is 3.65. The summed E-state index contributed by atoms with van der Waals surface area (Å²) in [5, 5.41) is 0. The summed E-state index contributed by atoms with van der Waals surface area (Å²) >= 11 is 2.38. The lowest BCUT2D eigenvalue weighted by Crippen LogP contribution is -2.45. The van der Waals surface area contributed by atoms with Crippen LogP contribution in [-0.2, 0) is 4.12 Å². The zero-order valence-corrected chi connectivity index (χ0v) is 11.7. The van der Waals surface area contributed by atoms with Crippen molar-refractivity contribution in [3.8, 4) is 12.0 Å². The number of rotatable bonds is 3. The molecule has 0 amide bonds. The van der Waals surface area contributed by atoms with E-state index >= 15 is 0 Å². The molecule has 0 radical (unpaired) electrons. The van der Waals surface area contributed by atoms with Gasteiger partial charge < -0.3 is 4.12 Å². The van der Waals surface area contributed by atoms with Crippen LogP contribution in [0.15, 0.2) is 0 Å². The van der Waals surface area contributed by atoms with Gasteiger partial charge in [-0.15, -0.1) is 12.0 Å². The van der Waals surface area contributed by atoms with Gasteiger partial charge in [-0.05, 0) is 26.2 Å². The van der Waals surface area contributed by atoms with Gasteiger partial charge in [-0.3, -0.25) is 0 Å². The van der Waals surface area contributed by atoms with E-state index in [1.54, 1.807) is 0 Å². The highest BCUT2D eigenvalue weighted by Crippen LogP contribution is 2.15. The summed E-state index contributed by atoms with van der Waals surface area (Å²) < 4.78 is 7.07. The molecule has 0 aliphatic heterocycles. The summed E-state index contributed by atoms with van der Waals surface area (Å²) in [5.74, 6) is 0. The minimum Gasteiger partial charge on any atom is -0.446 e. The van der Waals surface area contributed by atoms with Crippen LogP contribution in [0.2, 0.25) is 26.2 Å². The topological polar surface area (TPSA) is 9.23 Å². The fourth-order valence-corrected chi connectivity index (χ4v) is 8.13. The van der Waals surface area contributed by atoms with Crippen molar-refractivity contribution >= 4 is 39.2 Å². The van der Waals surface area contributed by atoms with Gasteiger partial charge in [0.05, 0.1) is 0 Å². The first-order valence-electron chi connectivity index (χ1n) is 3.57. The van der Waals surface area contributed by atoms with E-state index in [-0.39, 0.29) is 0 Å². The molecular formula is C7H15IOSi2. The second kappa shape index (κ2) is 4.07. The quantitative estimate of drug-likeness (QED) is 0.337. The zero-order chi connectivity index (χ0) is 9.12. The van der Waals surface area contributed by atoms with E-state index in [2.05, 4.69) is 54.3 Å². The normalized spacial score (nSPS) is 12.7. The lowest BCUT2D eigenvalue weighted by molar-refractivity contribution is 0.567. The van der Waals surface area contributed by atoms with Crippen molar-refractivity contribution in [3.05, 3.63) is 0 Å². The van der Waals surface area contributed by atoms with Crippen LogP contribution < -0.4 is 0 Å². The molecule has 0 aromatic heterocycles. The zero-order valence-electron chi connectivity index (χ0n) is 7.57. The fourth-order valence-electron chi connectivity index (χ4n) is 0.747. The van der Waals surface area contributed by atoms with E-state index in [4.69, 9.17) is 10.5 Å². The number of hydrogen-bond acceptors (Lipinski definition) is 1. The SMILES string of the molecule is C#C[Si](C)(C)O[Si](C)(C)CI. The predicted octanol–water partition coefficient (Wildman–Crippen LogP) is 2.56. The van der Waals surface area contributed by atoms with E-state index in [1.807, 2.05) is 0 Å². The Bertz CT molecular complexity index is 172. The Morgan fingerprint density at radius 3 is 2.09 bits per heavy atom. The summed E-state index contributed by atoms with van der Waals surface area (Å²) in [7, 11) is -3.18. The summed E-state index contributed by atoms with van der Waals surface area (Å²) in [5.41, 5.74) is 2.78. The minimum atomic E-state index is -1.75. The monoisotopic (exact) mass is 298 g/mol. The van der Waals surface area contributed by atoms with Crippen LogP contribution in [-0.4, -0.2) is 20.7 Å². The molecule has 0 unspecified atom stereocenters. The Kier molecular flexibility index (Phi) is 4.33. The number of halogens is 1. The Hall–Kier alpha value is 0.684. The standard InChI is InChI=1S/C7H15IOSi2/c1-6-10(2,3)9-11(4,5)7-8/h1H,7H2,2-5H3. The summed E-state index contributed by atoms with van der Waals surface area (Å²) in [6.07, 6.45) is 5.37. The predicted molar refractivity (Wildman–Crippen MR) is 63.8 cm³/mol. The highest BCUT2D eigenvalue weighted by molar-refractivity contribution is 14.1. The summed E-state index contributed by atoms with van der Waals surface area (Å²) in [6, 6.07) is 0. The third kappa shape index (κ3) is 5.01. The van der Waals surface area contributed by atoms with Crippen molar-refractivity contribution in [2.45, 2.75) is 26.2 Å². The first kappa shape index (κ1) is 11.7. The third-order valence-electron chi connectivity index (χ3n) is 1.20. The van der Waals surface area contributed by atoms with Crippen molar-refractivity contribution < 1.29 is 4.12 Å². The van der Waals surface area contributed by atoms with Gasteiger partial charge in [-0.25, -0.2) is 0 Å². The van der Waals surface area contributed by atoms with Crippen molar-refractivity contribution in [2.24, 2.45) is 0 Å². The smallest absolute Gasteiger partial charge is 0.255 e. The van der Waals surface area contributed by atoms with Crippen molar-refractivity contribution in [3.63, 3.8) is 0 Å². The maximum absolute atomic E-state index is 5.96. The van der Waals surface area contributed by atoms with Gasteiger partial charge in [-0.1, -0.05) is 22.6 Å². The molecule has 0 N–H and O–H groups in total. The maximum Gasteiger partial charge on any atom is 0.255 e. The Labute approximate surface area is 85.3 Å². The first-order chi connectivity index (χ1) is 4.83. The van der Waals surface area contributed by atoms with Gasteiger partial charge in [0.1, 0.15) is 0 Å². The van der Waals surface area contributed by atoms with Gasteiger partial charge in [0.2, 0.25) is 0 Å². The van der Waals surface area contributed by atoms with E-state index in [0.29, 0.717) is 0 Å². The van der Waals surface area contributed by atoms with Gasteiger partial charge in [-0.2, -0.15) is 0 Å². The van der Waals surface area contributed by atoms with Gasteiger partial charge in [0, 0.05) is 4.05 Å². The largest absolute Gasteiger partial charge is 0.446 e. The first-order valence-corrected chi connectivity index (χ1v) is 11.1. The highest BCUT2D eigenvalue weighted by atomic mass is 127. The number of terminal acetylenes is 1. The molecule has 0 heterocycles. The molecule has 0 aromatic rings. The molecule has 1 nitrogen and oxygen atoms in total. The lowest BCUT2D eigenvalue weighted by Gasteiger charge is -2.28. The summed E-state index contributed by atoms with van der Waals surface area (Å²) in [4.78, 5) is 0. The van der Waals surface area contributed by atoms with Crippen LogP contribution in [0.1, 0.15) is 0 Å². The van der Waals surface area contributed by atoms with Crippen molar-refractivity contribution in [1.82, 2.24) is 0 Å². The van der Waals surface area contributed by atoms with Crippen LogP contribution in [0.3, 0.4) is 0 Å². The molecule has 4 heteroatoms. The molecule has 0 saturated heterocycles. The second-order valence-corrected chi connectivity index (χ2v) is 13.9. The third-order valence-corrected chi connectivity index (χ3v) is 12.3. The highest BCUT2D eigenvalue weighted by Gasteiger charge is 2.30. The molecule has 0 saturated carbocycles. The van der Waals surface area contributed by atoms with E-state index in [1.165, 1.54) is 0 Å². The Morgan fingerprint density at radius 1 is 1.36 bits per heavy atom. The molecule has 0 aromatic carbocycles. The molecule has 0 rings (SSSR count). The number of alkyl halides is 1. The van der Waals surface area contributed by atoms with Crippen LogP contribution in [0.25, 0.3) is 0 Å². The van der Waals surface area contributed by atoms with Crippen molar-refractivity contribution in [2.75, 3.05) is 4.05 Å². The van der Waals surface area contributed by atoms with Crippen LogP contribution in [0, 0.1) is 12.0 Å². The maximum atomic E-state index is 5.96. The Balaban J connectivity index is 4.16. The van der Waals surface area contributed by atoms with Gasteiger partial charge >= 0.3 is 0 Å². The van der Waals surface area contributed by atoms with Crippen LogP contribution in [0.4, 0.5) is 0 Å². The molecule has 0 bridgehead atoms.